The monoisotopic (exact) mass is 547 g/mol. The summed E-state index contributed by atoms with van der Waals surface area (Å²) >= 11 is 0. The summed E-state index contributed by atoms with van der Waals surface area (Å²) in [6.45, 7) is 4.20. The Balaban J connectivity index is 1.48. The molecule has 1 saturated heterocycles. The van der Waals surface area contributed by atoms with Gasteiger partial charge in [0.15, 0.2) is 17.3 Å². The third-order valence-corrected chi connectivity index (χ3v) is 7.49. The number of benzene rings is 1. The van der Waals surface area contributed by atoms with Crippen LogP contribution < -0.4 is 10.6 Å². The molecule has 1 amide bonds. The lowest BCUT2D eigenvalue weighted by atomic mass is 9.81. The Morgan fingerprint density at radius 3 is 2.49 bits per heavy atom. The zero-order valence-corrected chi connectivity index (χ0v) is 21.8. The fourth-order valence-electron chi connectivity index (χ4n) is 5.54. The zero-order valence-electron chi connectivity index (χ0n) is 21.8. The van der Waals surface area contributed by atoms with E-state index in [9.17, 15) is 28.2 Å². The Morgan fingerprint density at radius 2 is 1.85 bits per heavy atom. The molecule has 13 heteroatoms. The van der Waals surface area contributed by atoms with Gasteiger partial charge in [-0.3, -0.25) is 9.36 Å². The smallest absolute Gasteiger partial charge is 0.254 e. The van der Waals surface area contributed by atoms with E-state index in [4.69, 9.17) is 0 Å². The highest BCUT2D eigenvalue weighted by Crippen LogP contribution is 2.40. The molecule has 10 nitrogen and oxygen atoms in total. The van der Waals surface area contributed by atoms with Crippen LogP contribution in [0.5, 0.6) is 0 Å². The summed E-state index contributed by atoms with van der Waals surface area (Å²) < 4.78 is 44.2. The molecule has 5 rings (SSSR count). The minimum atomic E-state index is -1.58. The van der Waals surface area contributed by atoms with E-state index in [1.807, 2.05) is 13.8 Å². The molecule has 1 atom stereocenters. The number of aliphatic hydroxyl groups excluding tert-OH is 1. The van der Waals surface area contributed by atoms with Crippen molar-refractivity contribution < 1.29 is 28.2 Å². The van der Waals surface area contributed by atoms with Gasteiger partial charge in [0.05, 0.1) is 18.8 Å². The summed E-state index contributed by atoms with van der Waals surface area (Å²) in [4.78, 5) is 28.1. The SMILES string of the molecule is CC(C)Nc1ncc2nc(Nc3c(F)cc(F)cc3F)n(C3CCC(O)(C(=O)N4CCC[C@H]4CO)CC3)c2n1. The molecular weight excluding hydrogens is 515 g/mol. The Labute approximate surface area is 223 Å². The van der Waals surface area contributed by atoms with Gasteiger partial charge in [0.2, 0.25) is 11.9 Å². The fourth-order valence-corrected chi connectivity index (χ4v) is 5.54. The molecule has 2 aliphatic rings. The van der Waals surface area contributed by atoms with Crippen LogP contribution in [0.1, 0.15) is 58.4 Å². The number of halogens is 3. The number of aliphatic hydroxyl groups is 2. The second-order valence-corrected chi connectivity index (χ2v) is 10.6. The van der Waals surface area contributed by atoms with Crippen LogP contribution in [0.25, 0.3) is 11.2 Å². The van der Waals surface area contributed by atoms with Crippen molar-refractivity contribution in [2.45, 2.75) is 76.1 Å². The summed E-state index contributed by atoms with van der Waals surface area (Å²) in [6.07, 6.45) is 3.96. The maximum atomic E-state index is 14.5. The van der Waals surface area contributed by atoms with Gasteiger partial charge in [0, 0.05) is 30.8 Å². The number of carbonyl (C=O) groups is 1. The van der Waals surface area contributed by atoms with Crippen molar-refractivity contribution in [2.24, 2.45) is 0 Å². The van der Waals surface area contributed by atoms with Crippen LogP contribution in [0.4, 0.5) is 30.8 Å². The molecule has 2 fully saturated rings. The van der Waals surface area contributed by atoms with Gasteiger partial charge in [-0.15, -0.1) is 0 Å². The Hall–Kier alpha value is -3.45. The summed E-state index contributed by atoms with van der Waals surface area (Å²) in [5, 5.41) is 26.7. The van der Waals surface area contributed by atoms with Gasteiger partial charge < -0.3 is 25.7 Å². The minimum Gasteiger partial charge on any atom is -0.394 e. The Bertz CT molecular complexity index is 1350. The lowest BCUT2D eigenvalue weighted by molar-refractivity contribution is -0.157. The van der Waals surface area contributed by atoms with E-state index in [0.717, 1.165) is 6.42 Å². The van der Waals surface area contributed by atoms with E-state index < -0.39 is 28.7 Å². The molecule has 39 heavy (non-hydrogen) atoms. The number of carbonyl (C=O) groups excluding carboxylic acids is 1. The van der Waals surface area contributed by atoms with Crippen LogP contribution in [-0.4, -0.2) is 71.4 Å². The number of hydrogen-bond donors (Lipinski definition) is 4. The molecule has 1 aliphatic heterocycles. The summed E-state index contributed by atoms with van der Waals surface area (Å²) in [5.74, 6) is -3.24. The molecule has 0 radical (unpaired) electrons. The standard InChI is InChI=1S/C26H32F3N7O3/c1-14(2)31-24-30-12-20-22(34-24)36(25(32-20)33-21-18(28)10-15(27)11-19(21)29)16-5-7-26(39,8-6-16)23(38)35-9-3-4-17(35)13-37/h10-12,14,16-17,37,39H,3-9,13H2,1-2H3,(H,32,33)(H,30,31,34)/t16?,17-,26?/m0/s1. The number of fused-ring (bicyclic) bond motifs is 1. The number of rotatable bonds is 7. The van der Waals surface area contributed by atoms with E-state index in [2.05, 4.69) is 25.6 Å². The Morgan fingerprint density at radius 1 is 1.15 bits per heavy atom. The summed E-state index contributed by atoms with van der Waals surface area (Å²) in [5.41, 5.74) is -1.37. The molecule has 4 N–H and O–H groups in total. The van der Waals surface area contributed by atoms with Gasteiger partial charge in [0.1, 0.15) is 22.6 Å². The summed E-state index contributed by atoms with van der Waals surface area (Å²) in [7, 11) is 0. The van der Waals surface area contributed by atoms with E-state index in [-0.39, 0.29) is 49.4 Å². The molecule has 210 valence electrons. The fraction of sp³-hybridized carbons (Fsp3) is 0.538. The van der Waals surface area contributed by atoms with Gasteiger partial charge >= 0.3 is 0 Å². The third kappa shape index (κ3) is 5.24. The lowest BCUT2D eigenvalue weighted by Gasteiger charge is -2.39. The second-order valence-electron chi connectivity index (χ2n) is 10.6. The molecule has 0 bridgehead atoms. The average Bonchev–Trinajstić information content (AvgIpc) is 3.50. The number of nitrogens with one attached hydrogen (secondary N) is 2. The molecule has 1 saturated carbocycles. The van der Waals surface area contributed by atoms with Crippen LogP contribution in [0.3, 0.4) is 0 Å². The molecule has 2 aromatic heterocycles. The van der Waals surface area contributed by atoms with Gasteiger partial charge in [-0.2, -0.15) is 4.98 Å². The van der Waals surface area contributed by atoms with E-state index in [1.54, 1.807) is 9.47 Å². The topological polar surface area (TPSA) is 128 Å². The van der Waals surface area contributed by atoms with E-state index in [1.165, 1.54) is 6.20 Å². The van der Waals surface area contributed by atoms with Crippen molar-refractivity contribution in [2.75, 3.05) is 23.8 Å². The zero-order chi connectivity index (χ0) is 27.9. The number of aromatic nitrogens is 4. The summed E-state index contributed by atoms with van der Waals surface area (Å²) in [6, 6.07) is 0.575. The Kier molecular flexibility index (Phi) is 7.38. The highest BCUT2D eigenvalue weighted by Gasteiger charge is 2.45. The maximum Gasteiger partial charge on any atom is 0.254 e. The largest absolute Gasteiger partial charge is 0.394 e. The van der Waals surface area contributed by atoms with Gasteiger partial charge in [0.25, 0.3) is 5.91 Å². The lowest BCUT2D eigenvalue weighted by Crippen LogP contribution is -2.53. The molecule has 3 aromatic rings. The number of amides is 1. The minimum absolute atomic E-state index is 0.0443. The van der Waals surface area contributed by atoms with Gasteiger partial charge in [-0.05, 0) is 52.4 Å². The number of likely N-dealkylation sites (tertiary alicyclic amines) is 1. The van der Waals surface area contributed by atoms with Crippen molar-refractivity contribution in [3.63, 3.8) is 0 Å². The van der Waals surface area contributed by atoms with Gasteiger partial charge in [-0.25, -0.2) is 23.1 Å². The first kappa shape index (κ1) is 27.1. The van der Waals surface area contributed by atoms with Crippen LogP contribution in [-0.2, 0) is 4.79 Å². The van der Waals surface area contributed by atoms with Crippen LogP contribution in [0, 0.1) is 17.5 Å². The van der Waals surface area contributed by atoms with Crippen molar-refractivity contribution in [3.05, 3.63) is 35.8 Å². The predicted molar refractivity (Wildman–Crippen MR) is 138 cm³/mol. The molecule has 0 unspecified atom stereocenters. The van der Waals surface area contributed by atoms with Gasteiger partial charge in [-0.1, -0.05) is 0 Å². The molecule has 3 heterocycles. The average molecular weight is 548 g/mol. The first-order valence-electron chi connectivity index (χ1n) is 13.2. The highest BCUT2D eigenvalue weighted by molar-refractivity contribution is 5.85. The second kappa shape index (κ2) is 10.6. The number of imidazole rings is 1. The van der Waals surface area contributed by atoms with Crippen molar-refractivity contribution in [1.82, 2.24) is 24.4 Å². The first-order valence-corrected chi connectivity index (χ1v) is 13.2. The predicted octanol–water partition coefficient (Wildman–Crippen LogP) is 3.64. The quantitative estimate of drug-likeness (QED) is 0.353. The van der Waals surface area contributed by atoms with E-state index in [0.29, 0.717) is 55.1 Å². The molecular formula is C26H32F3N7O3. The van der Waals surface area contributed by atoms with Crippen LogP contribution >= 0.6 is 0 Å². The third-order valence-electron chi connectivity index (χ3n) is 7.49. The molecule has 1 aliphatic carbocycles. The highest BCUT2D eigenvalue weighted by atomic mass is 19.1. The number of nitrogens with zero attached hydrogens (tertiary/aromatic N) is 5. The molecule has 1 aromatic carbocycles. The number of anilines is 3. The van der Waals surface area contributed by atoms with Crippen LogP contribution in [0.2, 0.25) is 0 Å². The normalized spacial score (nSPS) is 23.5. The van der Waals surface area contributed by atoms with Crippen molar-refractivity contribution >= 4 is 34.7 Å². The molecule has 0 spiro atoms. The number of hydrogen-bond acceptors (Lipinski definition) is 8. The van der Waals surface area contributed by atoms with Crippen LogP contribution in [0.15, 0.2) is 18.3 Å². The van der Waals surface area contributed by atoms with Crippen molar-refractivity contribution in [3.8, 4) is 0 Å². The first-order chi connectivity index (χ1) is 18.6. The van der Waals surface area contributed by atoms with E-state index >= 15 is 0 Å². The maximum absolute atomic E-state index is 14.5. The van der Waals surface area contributed by atoms with Crippen molar-refractivity contribution in [1.29, 1.82) is 0 Å².